The number of benzene rings is 1. The molecule has 0 spiro atoms. The minimum absolute atomic E-state index is 0.0443. The van der Waals surface area contributed by atoms with Gasteiger partial charge in [-0.05, 0) is 36.4 Å². The van der Waals surface area contributed by atoms with Crippen LogP contribution in [-0.4, -0.2) is 28.9 Å². The minimum Gasteiger partial charge on any atom is -0.458 e. The molecule has 0 atom stereocenters. The van der Waals surface area contributed by atoms with E-state index in [2.05, 4.69) is 18.7 Å². The summed E-state index contributed by atoms with van der Waals surface area (Å²) in [5.41, 5.74) is 2.14. The fraction of sp³-hybridized carbons (Fsp3) is 0.316. The second kappa shape index (κ2) is 9.84. The van der Waals surface area contributed by atoms with Gasteiger partial charge in [-0.1, -0.05) is 49.4 Å². The van der Waals surface area contributed by atoms with Crippen LogP contribution in [0.25, 0.3) is 6.08 Å². The molecule has 1 aromatic heterocycles. The third-order valence-electron chi connectivity index (χ3n) is 3.88. The maximum absolute atomic E-state index is 11.8. The summed E-state index contributed by atoms with van der Waals surface area (Å²) >= 11 is 1.01. The quantitative estimate of drug-likeness (QED) is 0.284. The third kappa shape index (κ3) is 6.09. The molecule has 0 amide bonds. The lowest BCUT2D eigenvalue weighted by Gasteiger charge is -2.18. The standard InChI is InChI=1S/C19H22N2O4S/c1-3-20(4-2)13-15-5-7-16(8-6-15)14-25-19(22)12-10-17-9-11-18(26-17)21(23)24/h5-12H,3-4,13-14H2,1-2H3/b12-10+. The predicted octanol–water partition coefficient (Wildman–Crippen LogP) is 4.25. The van der Waals surface area contributed by atoms with E-state index in [-0.39, 0.29) is 11.6 Å². The first-order valence-corrected chi connectivity index (χ1v) is 9.22. The molecular weight excluding hydrogens is 352 g/mol. The highest BCUT2D eigenvalue weighted by atomic mass is 32.1. The second-order valence-corrected chi connectivity index (χ2v) is 6.75. The number of ether oxygens (including phenoxy) is 1. The number of carbonyl (C=O) groups excluding carboxylic acids is 1. The monoisotopic (exact) mass is 374 g/mol. The van der Waals surface area contributed by atoms with Gasteiger partial charge < -0.3 is 4.74 Å². The second-order valence-electron chi connectivity index (χ2n) is 5.65. The Bertz CT molecular complexity index is 764. The van der Waals surface area contributed by atoms with E-state index in [4.69, 9.17) is 4.74 Å². The highest BCUT2D eigenvalue weighted by Gasteiger charge is 2.08. The molecule has 0 N–H and O–H groups in total. The summed E-state index contributed by atoms with van der Waals surface area (Å²) < 4.78 is 5.20. The van der Waals surface area contributed by atoms with Crippen molar-refractivity contribution in [2.75, 3.05) is 13.1 Å². The van der Waals surface area contributed by atoms with Crippen LogP contribution in [0.15, 0.2) is 42.5 Å². The summed E-state index contributed by atoms with van der Waals surface area (Å²) in [7, 11) is 0. The van der Waals surface area contributed by atoms with Gasteiger partial charge in [0.05, 0.1) is 4.92 Å². The average Bonchev–Trinajstić information content (AvgIpc) is 3.13. The molecule has 0 unspecified atom stereocenters. The summed E-state index contributed by atoms with van der Waals surface area (Å²) in [6.07, 6.45) is 2.80. The van der Waals surface area contributed by atoms with E-state index in [0.29, 0.717) is 4.88 Å². The molecule has 6 nitrogen and oxygen atoms in total. The fourth-order valence-corrected chi connectivity index (χ4v) is 3.05. The fourth-order valence-electron chi connectivity index (χ4n) is 2.33. The molecule has 138 valence electrons. The summed E-state index contributed by atoms with van der Waals surface area (Å²) in [6.45, 7) is 7.39. The molecule has 0 aliphatic carbocycles. The predicted molar refractivity (Wildman–Crippen MR) is 103 cm³/mol. The van der Waals surface area contributed by atoms with Crippen LogP contribution in [0.4, 0.5) is 5.00 Å². The Morgan fingerprint density at radius 1 is 1.15 bits per heavy atom. The van der Waals surface area contributed by atoms with Crippen molar-refractivity contribution in [3.05, 3.63) is 68.6 Å². The van der Waals surface area contributed by atoms with Crippen LogP contribution < -0.4 is 0 Å². The molecule has 1 aromatic carbocycles. The molecule has 1 heterocycles. The number of thiophene rings is 1. The Kier molecular flexibility index (Phi) is 7.50. The molecule has 0 bridgehead atoms. The summed E-state index contributed by atoms with van der Waals surface area (Å²) in [4.78, 5) is 24.9. The smallest absolute Gasteiger partial charge is 0.331 e. The van der Waals surface area contributed by atoms with Crippen molar-refractivity contribution in [1.82, 2.24) is 4.90 Å². The van der Waals surface area contributed by atoms with Gasteiger partial charge in [0.15, 0.2) is 0 Å². The topological polar surface area (TPSA) is 72.7 Å². The average molecular weight is 374 g/mol. The third-order valence-corrected chi connectivity index (χ3v) is 4.88. The van der Waals surface area contributed by atoms with Crippen LogP contribution >= 0.6 is 11.3 Å². The van der Waals surface area contributed by atoms with E-state index in [9.17, 15) is 14.9 Å². The van der Waals surface area contributed by atoms with Crippen LogP contribution in [0.5, 0.6) is 0 Å². The maximum atomic E-state index is 11.8. The molecule has 26 heavy (non-hydrogen) atoms. The van der Waals surface area contributed by atoms with Crippen molar-refractivity contribution in [3.63, 3.8) is 0 Å². The normalized spacial score (nSPS) is 11.2. The van der Waals surface area contributed by atoms with Gasteiger partial charge in [-0.3, -0.25) is 15.0 Å². The van der Waals surface area contributed by atoms with E-state index in [1.54, 1.807) is 6.07 Å². The van der Waals surface area contributed by atoms with Crippen molar-refractivity contribution in [2.45, 2.75) is 27.0 Å². The minimum atomic E-state index is -0.478. The lowest BCUT2D eigenvalue weighted by atomic mass is 10.1. The largest absolute Gasteiger partial charge is 0.458 e. The van der Waals surface area contributed by atoms with Crippen LogP contribution in [0.3, 0.4) is 0 Å². The molecule has 0 aliphatic heterocycles. The molecule has 0 fully saturated rings. The Balaban J connectivity index is 1.82. The number of nitrogens with zero attached hydrogens (tertiary/aromatic N) is 2. The van der Waals surface area contributed by atoms with Crippen LogP contribution in [0.2, 0.25) is 0 Å². The van der Waals surface area contributed by atoms with E-state index in [0.717, 1.165) is 36.5 Å². The van der Waals surface area contributed by atoms with Crippen LogP contribution in [-0.2, 0) is 22.7 Å². The Hall–Kier alpha value is -2.51. The molecular formula is C19H22N2O4S. The van der Waals surface area contributed by atoms with Crippen molar-refractivity contribution in [2.24, 2.45) is 0 Å². The number of carbonyl (C=O) groups is 1. The van der Waals surface area contributed by atoms with Crippen LogP contribution in [0, 0.1) is 10.1 Å². The van der Waals surface area contributed by atoms with E-state index in [1.165, 1.54) is 23.8 Å². The van der Waals surface area contributed by atoms with Crippen molar-refractivity contribution in [1.29, 1.82) is 0 Å². The number of hydrogen-bond acceptors (Lipinski definition) is 6. The zero-order valence-corrected chi connectivity index (χ0v) is 15.7. The first-order valence-electron chi connectivity index (χ1n) is 8.41. The molecule has 2 aromatic rings. The van der Waals surface area contributed by atoms with Crippen molar-refractivity contribution in [3.8, 4) is 0 Å². The lowest BCUT2D eigenvalue weighted by Crippen LogP contribution is -2.22. The van der Waals surface area contributed by atoms with Gasteiger partial charge in [-0.15, -0.1) is 0 Å². The zero-order valence-electron chi connectivity index (χ0n) is 14.9. The van der Waals surface area contributed by atoms with Gasteiger partial charge in [0.2, 0.25) is 0 Å². The zero-order chi connectivity index (χ0) is 18.9. The van der Waals surface area contributed by atoms with Crippen molar-refractivity contribution >= 4 is 28.4 Å². The first kappa shape index (κ1) is 19.8. The van der Waals surface area contributed by atoms with Gasteiger partial charge in [-0.25, -0.2) is 4.79 Å². The van der Waals surface area contributed by atoms with Crippen LogP contribution in [0.1, 0.15) is 29.9 Å². The number of esters is 1. The Morgan fingerprint density at radius 3 is 2.38 bits per heavy atom. The van der Waals surface area contributed by atoms with Gasteiger partial charge >= 0.3 is 11.0 Å². The van der Waals surface area contributed by atoms with Crippen molar-refractivity contribution < 1.29 is 14.5 Å². The summed E-state index contributed by atoms with van der Waals surface area (Å²) in [6, 6.07) is 11.0. The van der Waals surface area contributed by atoms with E-state index < -0.39 is 10.9 Å². The summed E-state index contributed by atoms with van der Waals surface area (Å²) in [5, 5.41) is 10.7. The Morgan fingerprint density at radius 2 is 1.81 bits per heavy atom. The maximum Gasteiger partial charge on any atom is 0.331 e. The Labute approximate surface area is 156 Å². The van der Waals surface area contributed by atoms with Gasteiger partial charge in [0.25, 0.3) is 0 Å². The number of hydrogen-bond donors (Lipinski definition) is 0. The molecule has 0 saturated heterocycles. The SMILES string of the molecule is CCN(CC)Cc1ccc(COC(=O)/C=C/c2ccc([N+](=O)[O-])s2)cc1. The van der Waals surface area contributed by atoms with Gasteiger partial charge in [-0.2, -0.15) is 0 Å². The van der Waals surface area contributed by atoms with E-state index in [1.807, 2.05) is 24.3 Å². The molecule has 0 saturated carbocycles. The number of nitro groups is 1. The molecule has 7 heteroatoms. The molecule has 0 aliphatic rings. The van der Waals surface area contributed by atoms with E-state index >= 15 is 0 Å². The highest BCUT2D eigenvalue weighted by Crippen LogP contribution is 2.24. The van der Waals surface area contributed by atoms with Gasteiger partial charge in [0, 0.05) is 23.6 Å². The highest BCUT2D eigenvalue weighted by molar-refractivity contribution is 7.16. The summed E-state index contributed by atoms with van der Waals surface area (Å²) in [5.74, 6) is -0.478. The van der Waals surface area contributed by atoms with Gasteiger partial charge in [0.1, 0.15) is 6.61 Å². The number of rotatable bonds is 9. The molecule has 0 radical (unpaired) electrons. The first-order chi connectivity index (χ1) is 12.5. The lowest BCUT2D eigenvalue weighted by molar-refractivity contribution is -0.380. The molecule has 2 rings (SSSR count).